The lowest BCUT2D eigenvalue weighted by Gasteiger charge is -2.26. The van der Waals surface area contributed by atoms with Gasteiger partial charge < -0.3 is 14.2 Å². The number of amides is 4. The second-order valence-electron chi connectivity index (χ2n) is 6.29. The molecule has 31 heavy (non-hydrogen) atoms. The molecular formula is C22H19IN2O6. The lowest BCUT2D eigenvalue weighted by atomic mass is 10.1. The van der Waals surface area contributed by atoms with Crippen LogP contribution < -0.4 is 24.4 Å². The number of nitrogens with zero attached hydrogens (tertiary/aromatic N) is 1. The minimum absolute atomic E-state index is 0.187. The summed E-state index contributed by atoms with van der Waals surface area (Å²) in [5, 5.41) is 2.20. The van der Waals surface area contributed by atoms with Crippen molar-refractivity contribution in [3.8, 4) is 17.2 Å². The van der Waals surface area contributed by atoms with Gasteiger partial charge in [-0.05, 0) is 70.6 Å². The first-order chi connectivity index (χ1) is 14.9. The minimum Gasteiger partial charge on any atom is -0.497 e. The van der Waals surface area contributed by atoms with Crippen molar-refractivity contribution in [1.29, 1.82) is 0 Å². The van der Waals surface area contributed by atoms with Gasteiger partial charge in [0.15, 0.2) is 11.5 Å². The van der Waals surface area contributed by atoms with E-state index >= 15 is 0 Å². The molecule has 1 fully saturated rings. The number of anilines is 1. The van der Waals surface area contributed by atoms with Crippen LogP contribution in [0.1, 0.15) is 5.56 Å². The SMILES string of the molecule is C=CCOc1c(I)cc(C=C2C(=O)NC(=O)N(c3ccc(OC)cc3)C2=O)cc1OC. The first-order valence-corrected chi connectivity index (χ1v) is 10.1. The fourth-order valence-corrected chi connectivity index (χ4v) is 3.68. The van der Waals surface area contributed by atoms with Gasteiger partial charge in [0.1, 0.15) is 17.9 Å². The number of halogens is 1. The van der Waals surface area contributed by atoms with Crippen LogP contribution in [0.5, 0.6) is 17.2 Å². The summed E-state index contributed by atoms with van der Waals surface area (Å²) in [6.45, 7) is 3.92. The first kappa shape index (κ1) is 22.3. The van der Waals surface area contributed by atoms with Crippen molar-refractivity contribution in [3.05, 3.63) is 63.8 Å². The molecule has 0 aliphatic carbocycles. The molecule has 4 amide bonds. The number of imide groups is 2. The summed E-state index contributed by atoms with van der Waals surface area (Å²) in [6.07, 6.45) is 3.02. The molecule has 1 aliphatic heterocycles. The van der Waals surface area contributed by atoms with E-state index in [4.69, 9.17) is 14.2 Å². The average Bonchev–Trinajstić information content (AvgIpc) is 2.76. The minimum atomic E-state index is -0.822. The zero-order chi connectivity index (χ0) is 22.5. The molecule has 1 N–H and O–H groups in total. The lowest BCUT2D eigenvalue weighted by Crippen LogP contribution is -2.54. The van der Waals surface area contributed by atoms with Crippen molar-refractivity contribution < 1.29 is 28.6 Å². The molecule has 0 saturated carbocycles. The highest BCUT2D eigenvalue weighted by atomic mass is 127. The Bertz CT molecular complexity index is 1080. The van der Waals surface area contributed by atoms with Crippen LogP contribution in [0, 0.1) is 3.57 Å². The Labute approximate surface area is 192 Å². The third kappa shape index (κ3) is 4.71. The number of carbonyl (C=O) groups excluding carboxylic acids is 3. The molecule has 9 heteroatoms. The van der Waals surface area contributed by atoms with Gasteiger partial charge in [-0.2, -0.15) is 0 Å². The number of urea groups is 1. The van der Waals surface area contributed by atoms with Crippen LogP contribution in [0.15, 0.2) is 54.6 Å². The van der Waals surface area contributed by atoms with Gasteiger partial charge in [-0.25, -0.2) is 9.69 Å². The van der Waals surface area contributed by atoms with Crippen molar-refractivity contribution in [2.45, 2.75) is 0 Å². The number of methoxy groups -OCH3 is 2. The normalized spacial score (nSPS) is 15.0. The van der Waals surface area contributed by atoms with E-state index in [9.17, 15) is 14.4 Å². The molecule has 1 heterocycles. The Kier molecular flexibility index (Phi) is 6.95. The second kappa shape index (κ2) is 9.65. The van der Waals surface area contributed by atoms with Gasteiger partial charge in [0.25, 0.3) is 11.8 Å². The molecule has 0 aromatic heterocycles. The summed E-state index contributed by atoms with van der Waals surface area (Å²) in [4.78, 5) is 38.7. The van der Waals surface area contributed by atoms with E-state index in [-0.39, 0.29) is 5.57 Å². The number of barbiturate groups is 1. The number of nitrogens with one attached hydrogen (secondary N) is 1. The van der Waals surface area contributed by atoms with Crippen molar-refractivity contribution in [3.63, 3.8) is 0 Å². The van der Waals surface area contributed by atoms with E-state index in [2.05, 4.69) is 34.5 Å². The monoisotopic (exact) mass is 534 g/mol. The third-order valence-electron chi connectivity index (χ3n) is 4.34. The van der Waals surface area contributed by atoms with Crippen LogP contribution in [0.2, 0.25) is 0 Å². The van der Waals surface area contributed by atoms with Crippen LogP contribution in [0.4, 0.5) is 10.5 Å². The molecule has 160 valence electrons. The van der Waals surface area contributed by atoms with E-state index < -0.39 is 17.8 Å². The van der Waals surface area contributed by atoms with Crippen LogP contribution in [0.3, 0.4) is 0 Å². The lowest BCUT2D eigenvalue weighted by molar-refractivity contribution is -0.122. The van der Waals surface area contributed by atoms with E-state index in [1.54, 1.807) is 42.5 Å². The van der Waals surface area contributed by atoms with Gasteiger partial charge >= 0.3 is 6.03 Å². The molecule has 3 rings (SSSR count). The largest absolute Gasteiger partial charge is 0.497 e. The molecule has 1 aliphatic rings. The summed E-state index contributed by atoms with van der Waals surface area (Å²) in [6, 6.07) is 8.90. The molecule has 2 aromatic rings. The number of ether oxygens (including phenoxy) is 3. The van der Waals surface area contributed by atoms with Crippen molar-refractivity contribution in [2.75, 3.05) is 25.7 Å². The second-order valence-corrected chi connectivity index (χ2v) is 7.45. The quantitative estimate of drug-likeness (QED) is 0.253. The summed E-state index contributed by atoms with van der Waals surface area (Å²) in [5.41, 5.74) is 0.657. The number of hydrogen-bond acceptors (Lipinski definition) is 6. The maximum absolute atomic E-state index is 13.0. The van der Waals surface area contributed by atoms with Crippen LogP contribution >= 0.6 is 22.6 Å². The molecule has 0 radical (unpaired) electrons. The van der Waals surface area contributed by atoms with Gasteiger partial charge in [0.2, 0.25) is 0 Å². The molecule has 0 atom stereocenters. The fraction of sp³-hybridized carbons (Fsp3) is 0.136. The van der Waals surface area contributed by atoms with Crippen LogP contribution in [0.25, 0.3) is 6.08 Å². The summed E-state index contributed by atoms with van der Waals surface area (Å²) >= 11 is 2.07. The maximum Gasteiger partial charge on any atom is 0.335 e. The van der Waals surface area contributed by atoms with Gasteiger partial charge in [-0.15, -0.1) is 0 Å². The number of carbonyl (C=O) groups is 3. The van der Waals surface area contributed by atoms with E-state index in [1.807, 2.05) is 0 Å². The molecule has 0 unspecified atom stereocenters. The predicted molar refractivity (Wildman–Crippen MR) is 123 cm³/mol. The smallest absolute Gasteiger partial charge is 0.335 e. The third-order valence-corrected chi connectivity index (χ3v) is 5.14. The zero-order valence-corrected chi connectivity index (χ0v) is 19.0. The van der Waals surface area contributed by atoms with Crippen LogP contribution in [-0.4, -0.2) is 38.7 Å². The summed E-state index contributed by atoms with van der Waals surface area (Å²) in [7, 11) is 3.00. The predicted octanol–water partition coefficient (Wildman–Crippen LogP) is 3.54. The molecule has 8 nitrogen and oxygen atoms in total. The fourth-order valence-electron chi connectivity index (χ4n) is 2.90. The Balaban J connectivity index is 1.99. The van der Waals surface area contributed by atoms with Gasteiger partial charge in [-0.1, -0.05) is 12.7 Å². The van der Waals surface area contributed by atoms with Gasteiger partial charge in [-0.3, -0.25) is 14.9 Å². The summed E-state index contributed by atoms with van der Waals surface area (Å²) < 4.78 is 16.8. The molecule has 1 saturated heterocycles. The highest BCUT2D eigenvalue weighted by Gasteiger charge is 2.36. The first-order valence-electron chi connectivity index (χ1n) is 9.06. The molecule has 2 aromatic carbocycles. The van der Waals surface area contributed by atoms with E-state index in [0.29, 0.717) is 35.1 Å². The topological polar surface area (TPSA) is 94.2 Å². The number of hydrogen-bond donors (Lipinski definition) is 1. The molecule has 0 bridgehead atoms. The van der Waals surface area contributed by atoms with E-state index in [0.717, 1.165) is 8.47 Å². The van der Waals surface area contributed by atoms with Crippen molar-refractivity contribution in [1.82, 2.24) is 5.32 Å². The number of rotatable bonds is 7. The highest BCUT2D eigenvalue weighted by molar-refractivity contribution is 14.1. The Morgan fingerprint density at radius 1 is 1.10 bits per heavy atom. The zero-order valence-electron chi connectivity index (χ0n) is 16.8. The highest BCUT2D eigenvalue weighted by Crippen LogP contribution is 2.35. The average molecular weight is 534 g/mol. The van der Waals surface area contributed by atoms with Gasteiger partial charge in [0, 0.05) is 0 Å². The van der Waals surface area contributed by atoms with Crippen molar-refractivity contribution in [2.24, 2.45) is 0 Å². The van der Waals surface area contributed by atoms with Crippen LogP contribution in [-0.2, 0) is 9.59 Å². The standard InChI is InChI=1S/C22H19IN2O6/c1-4-9-31-19-17(23)11-13(12-18(19)30-3)10-16-20(26)24-22(28)25(21(16)27)14-5-7-15(29-2)8-6-14/h4-8,10-12H,1,9H2,2-3H3,(H,24,26,28). The molecular weight excluding hydrogens is 515 g/mol. The Morgan fingerprint density at radius 2 is 1.81 bits per heavy atom. The Morgan fingerprint density at radius 3 is 2.42 bits per heavy atom. The Hall–Kier alpha value is -3.34. The van der Waals surface area contributed by atoms with Crippen molar-refractivity contribution >= 4 is 52.2 Å². The van der Waals surface area contributed by atoms with Gasteiger partial charge in [0.05, 0.1) is 23.5 Å². The maximum atomic E-state index is 13.0. The number of benzene rings is 2. The summed E-state index contributed by atoms with van der Waals surface area (Å²) in [5.74, 6) is 0.0217. The molecule has 0 spiro atoms. The van der Waals surface area contributed by atoms with E-state index in [1.165, 1.54) is 20.3 Å².